The predicted octanol–water partition coefficient (Wildman–Crippen LogP) is 3.24. The van der Waals surface area contributed by atoms with Crippen molar-refractivity contribution in [2.75, 3.05) is 13.1 Å². The molecule has 0 spiro atoms. The molecule has 124 valence electrons. The lowest BCUT2D eigenvalue weighted by Crippen LogP contribution is -2.50. The molecule has 1 saturated heterocycles. The Kier molecular flexibility index (Phi) is 5.80. The molecule has 6 heteroatoms. The first-order chi connectivity index (χ1) is 10.6. The van der Waals surface area contributed by atoms with E-state index in [2.05, 4.69) is 17.6 Å². The Labute approximate surface area is 140 Å². The third kappa shape index (κ3) is 3.92. The van der Waals surface area contributed by atoms with Crippen LogP contribution < -0.4 is 10.6 Å². The smallest absolute Gasteiger partial charge is 0.287 e. The van der Waals surface area contributed by atoms with Gasteiger partial charge >= 0.3 is 0 Å². The summed E-state index contributed by atoms with van der Waals surface area (Å²) in [5.41, 5.74) is 0.356. The highest BCUT2D eigenvalue weighted by atomic mass is 35.5. The van der Waals surface area contributed by atoms with Gasteiger partial charge in [-0.1, -0.05) is 19.1 Å². The lowest BCUT2D eigenvalue weighted by molar-refractivity contribution is 0.0888. The van der Waals surface area contributed by atoms with E-state index in [0.717, 1.165) is 19.5 Å². The van der Waals surface area contributed by atoms with Crippen LogP contribution in [0.15, 0.2) is 40.8 Å². The van der Waals surface area contributed by atoms with Gasteiger partial charge in [0.1, 0.15) is 11.6 Å². The van der Waals surface area contributed by atoms with E-state index in [1.807, 2.05) is 0 Å². The number of amides is 1. The summed E-state index contributed by atoms with van der Waals surface area (Å²) in [6.45, 7) is 3.86. The minimum Gasteiger partial charge on any atom is -0.451 e. The molecule has 1 aliphatic heterocycles. The van der Waals surface area contributed by atoms with Crippen LogP contribution in [0.5, 0.6) is 0 Å². The molecule has 1 aromatic heterocycles. The number of piperidine rings is 1. The third-order valence-corrected chi connectivity index (χ3v) is 4.11. The number of nitrogens with one attached hydrogen (secondary N) is 2. The van der Waals surface area contributed by atoms with Crippen LogP contribution in [0.4, 0.5) is 4.39 Å². The van der Waals surface area contributed by atoms with E-state index in [0.29, 0.717) is 17.2 Å². The number of furan rings is 1. The Morgan fingerprint density at radius 1 is 1.30 bits per heavy atom. The molecule has 1 aromatic carbocycles. The summed E-state index contributed by atoms with van der Waals surface area (Å²) in [5.74, 6) is 0.359. The molecule has 0 saturated carbocycles. The van der Waals surface area contributed by atoms with Gasteiger partial charge in [-0.2, -0.15) is 0 Å². The Bertz CT molecular complexity index is 674. The van der Waals surface area contributed by atoms with Crippen molar-refractivity contribution in [3.05, 3.63) is 48.0 Å². The summed E-state index contributed by atoms with van der Waals surface area (Å²) < 4.78 is 19.3. The van der Waals surface area contributed by atoms with Crippen LogP contribution in [-0.4, -0.2) is 25.0 Å². The standard InChI is InChI=1S/C17H19FN2O2.ClH/c1-11-8-9-19-10-14(11)20-17(21)16-7-6-15(22-16)12-4-2-3-5-13(12)18;/h2-7,11,14,19H,8-10H2,1H3,(H,20,21);1H. The van der Waals surface area contributed by atoms with Crippen LogP contribution in [0, 0.1) is 11.7 Å². The number of rotatable bonds is 3. The van der Waals surface area contributed by atoms with Crippen molar-refractivity contribution in [2.45, 2.75) is 19.4 Å². The van der Waals surface area contributed by atoms with Crippen molar-refractivity contribution in [3.63, 3.8) is 0 Å². The molecule has 4 nitrogen and oxygen atoms in total. The number of benzene rings is 1. The van der Waals surface area contributed by atoms with Gasteiger partial charge in [0, 0.05) is 12.6 Å². The topological polar surface area (TPSA) is 54.3 Å². The van der Waals surface area contributed by atoms with Crippen LogP contribution in [-0.2, 0) is 0 Å². The molecular weight excluding hydrogens is 319 g/mol. The number of hydrogen-bond acceptors (Lipinski definition) is 3. The molecule has 23 heavy (non-hydrogen) atoms. The molecule has 1 fully saturated rings. The Morgan fingerprint density at radius 3 is 2.83 bits per heavy atom. The Morgan fingerprint density at radius 2 is 2.09 bits per heavy atom. The molecule has 1 aliphatic rings. The average Bonchev–Trinajstić information content (AvgIpc) is 3.00. The van der Waals surface area contributed by atoms with E-state index in [4.69, 9.17) is 4.42 Å². The molecule has 1 amide bonds. The number of carbonyl (C=O) groups excluding carboxylic acids is 1. The van der Waals surface area contributed by atoms with Crippen LogP contribution in [0.3, 0.4) is 0 Å². The summed E-state index contributed by atoms with van der Waals surface area (Å²) in [7, 11) is 0. The van der Waals surface area contributed by atoms with E-state index in [-0.39, 0.29) is 35.9 Å². The van der Waals surface area contributed by atoms with Crippen molar-refractivity contribution in [1.82, 2.24) is 10.6 Å². The fourth-order valence-corrected chi connectivity index (χ4v) is 2.69. The molecular formula is C17H20ClFN2O2. The van der Waals surface area contributed by atoms with Crippen molar-refractivity contribution in [2.24, 2.45) is 5.92 Å². The average molecular weight is 339 g/mol. The fourth-order valence-electron chi connectivity index (χ4n) is 2.69. The summed E-state index contributed by atoms with van der Waals surface area (Å²) >= 11 is 0. The zero-order valence-corrected chi connectivity index (χ0v) is 13.7. The largest absolute Gasteiger partial charge is 0.451 e. The van der Waals surface area contributed by atoms with Crippen LogP contribution in [0.1, 0.15) is 23.9 Å². The van der Waals surface area contributed by atoms with Gasteiger partial charge in [0.25, 0.3) is 5.91 Å². The van der Waals surface area contributed by atoms with Gasteiger partial charge in [-0.15, -0.1) is 12.4 Å². The van der Waals surface area contributed by atoms with Crippen LogP contribution >= 0.6 is 12.4 Å². The summed E-state index contributed by atoms with van der Waals surface area (Å²) in [5, 5.41) is 6.24. The Hall–Kier alpha value is -1.85. The van der Waals surface area contributed by atoms with Gasteiger partial charge in [0.15, 0.2) is 5.76 Å². The number of carbonyl (C=O) groups is 1. The van der Waals surface area contributed by atoms with Gasteiger partial charge in [0.05, 0.1) is 5.56 Å². The molecule has 2 N–H and O–H groups in total. The number of hydrogen-bond donors (Lipinski definition) is 2. The highest BCUT2D eigenvalue weighted by molar-refractivity contribution is 5.92. The highest BCUT2D eigenvalue weighted by Gasteiger charge is 2.24. The van der Waals surface area contributed by atoms with Gasteiger partial charge in [-0.25, -0.2) is 4.39 Å². The van der Waals surface area contributed by atoms with Crippen molar-refractivity contribution >= 4 is 18.3 Å². The minimum absolute atomic E-state index is 0. The first-order valence-corrected chi connectivity index (χ1v) is 7.51. The minimum atomic E-state index is -0.367. The lowest BCUT2D eigenvalue weighted by atomic mass is 9.95. The Balaban J connectivity index is 0.00000192. The van der Waals surface area contributed by atoms with Gasteiger partial charge < -0.3 is 15.1 Å². The molecule has 0 bridgehead atoms. The highest BCUT2D eigenvalue weighted by Crippen LogP contribution is 2.25. The fraction of sp³-hybridized carbons (Fsp3) is 0.353. The van der Waals surface area contributed by atoms with E-state index in [1.54, 1.807) is 30.3 Å². The van der Waals surface area contributed by atoms with Gasteiger partial charge in [0.2, 0.25) is 0 Å². The predicted molar refractivity (Wildman–Crippen MR) is 89.3 cm³/mol. The summed E-state index contributed by atoms with van der Waals surface area (Å²) in [6.07, 6.45) is 1.03. The van der Waals surface area contributed by atoms with E-state index >= 15 is 0 Å². The molecule has 3 rings (SSSR count). The lowest BCUT2D eigenvalue weighted by Gasteiger charge is -2.29. The second-order valence-corrected chi connectivity index (χ2v) is 5.69. The first-order valence-electron chi connectivity index (χ1n) is 7.51. The van der Waals surface area contributed by atoms with Gasteiger partial charge in [-0.3, -0.25) is 4.79 Å². The second-order valence-electron chi connectivity index (χ2n) is 5.69. The first kappa shape index (κ1) is 17.5. The number of halogens is 2. The SMILES string of the molecule is CC1CCNCC1NC(=O)c1ccc(-c2ccccc2F)o1.Cl. The van der Waals surface area contributed by atoms with Gasteiger partial charge in [-0.05, 0) is 43.1 Å². The molecule has 2 atom stereocenters. The van der Waals surface area contributed by atoms with Crippen LogP contribution in [0.2, 0.25) is 0 Å². The van der Waals surface area contributed by atoms with Crippen molar-refractivity contribution in [1.29, 1.82) is 0 Å². The maximum Gasteiger partial charge on any atom is 0.287 e. The molecule has 2 unspecified atom stereocenters. The molecule has 0 radical (unpaired) electrons. The second kappa shape index (κ2) is 7.62. The zero-order chi connectivity index (χ0) is 15.5. The monoisotopic (exact) mass is 338 g/mol. The maximum atomic E-state index is 13.7. The third-order valence-electron chi connectivity index (χ3n) is 4.11. The van der Waals surface area contributed by atoms with Crippen molar-refractivity contribution < 1.29 is 13.6 Å². The van der Waals surface area contributed by atoms with Crippen molar-refractivity contribution in [3.8, 4) is 11.3 Å². The summed E-state index contributed by atoms with van der Waals surface area (Å²) in [4.78, 5) is 12.3. The molecule has 0 aliphatic carbocycles. The van der Waals surface area contributed by atoms with E-state index < -0.39 is 0 Å². The van der Waals surface area contributed by atoms with Crippen LogP contribution in [0.25, 0.3) is 11.3 Å². The molecule has 2 aromatic rings. The summed E-state index contributed by atoms with van der Waals surface area (Å²) in [6, 6.07) is 9.63. The normalized spacial score (nSPS) is 20.6. The molecule has 2 heterocycles. The van der Waals surface area contributed by atoms with E-state index in [9.17, 15) is 9.18 Å². The quantitative estimate of drug-likeness (QED) is 0.903. The zero-order valence-electron chi connectivity index (χ0n) is 12.8. The maximum absolute atomic E-state index is 13.7. The van der Waals surface area contributed by atoms with E-state index in [1.165, 1.54) is 6.07 Å².